The SMILES string of the molecule is CCC(CC)CNS(=O)(=O)c1c[nH]c(CNC2CC2)c1. The van der Waals surface area contributed by atoms with Gasteiger partial charge in [0.1, 0.15) is 0 Å². The van der Waals surface area contributed by atoms with Gasteiger partial charge >= 0.3 is 0 Å². The van der Waals surface area contributed by atoms with Gasteiger partial charge in [-0.15, -0.1) is 0 Å². The predicted octanol–water partition coefficient (Wildman–Crippen LogP) is 1.98. The van der Waals surface area contributed by atoms with Gasteiger partial charge in [-0.05, 0) is 24.8 Å². The lowest BCUT2D eigenvalue weighted by Gasteiger charge is -2.12. The lowest BCUT2D eigenvalue weighted by Crippen LogP contribution is -2.28. The second-order valence-electron chi connectivity index (χ2n) is 5.55. The minimum atomic E-state index is -3.39. The maximum absolute atomic E-state index is 12.2. The molecule has 0 saturated heterocycles. The van der Waals surface area contributed by atoms with E-state index < -0.39 is 10.0 Å². The first-order chi connectivity index (χ1) is 9.55. The Balaban J connectivity index is 1.90. The third-order valence-electron chi connectivity index (χ3n) is 3.90. The van der Waals surface area contributed by atoms with E-state index in [4.69, 9.17) is 0 Å². The molecule has 3 N–H and O–H groups in total. The van der Waals surface area contributed by atoms with E-state index in [1.165, 1.54) is 12.8 Å². The van der Waals surface area contributed by atoms with Crippen molar-refractivity contribution in [1.82, 2.24) is 15.0 Å². The highest BCUT2D eigenvalue weighted by Gasteiger charge is 2.21. The number of rotatable bonds is 9. The molecule has 0 aliphatic heterocycles. The van der Waals surface area contributed by atoms with Crippen LogP contribution in [0.5, 0.6) is 0 Å². The van der Waals surface area contributed by atoms with E-state index in [0.29, 0.717) is 29.9 Å². The first-order valence-corrected chi connectivity index (χ1v) is 8.93. The summed E-state index contributed by atoms with van der Waals surface area (Å²) in [5.74, 6) is 0.403. The van der Waals surface area contributed by atoms with Gasteiger partial charge in [-0.25, -0.2) is 13.1 Å². The van der Waals surface area contributed by atoms with Crippen LogP contribution in [0.25, 0.3) is 0 Å². The molecular weight excluding hydrogens is 274 g/mol. The minimum Gasteiger partial charge on any atom is -0.363 e. The molecule has 1 aliphatic rings. The number of aromatic amines is 1. The normalized spacial score (nSPS) is 15.9. The van der Waals surface area contributed by atoms with Crippen LogP contribution in [-0.4, -0.2) is 26.0 Å². The molecule has 6 heteroatoms. The Morgan fingerprint density at radius 3 is 2.65 bits per heavy atom. The zero-order valence-corrected chi connectivity index (χ0v) is 13.1. The van der Waals surface area contributed by atoms with Crippen LogP contribution < -0.4 is 10.0 Å². The van der Waals surface area contributed by atoms with Crippen molar-refractivity contribution >= 4 is 10.0 Å². The van der Waals surface area contributed by atoms with Gasteiger partial charge in [0.15, 0.2) is 0 Å². The van der Waals surface area contributed by atoms with Crippen LogP contribution >= 0.6 is 0 Å². The lowest BCUT2D eigenvalue weighted by atomic mass is 10.0. The van der Waals surface area contributed by atoms with Gasteiger partial charge < -0.3 is 10.3 Å². The summed E-state index contributed by atoms with van der Waals surface area (Å²) in [6, 6.07) is 2.33. The third-order valence-corrected chi connectivity index (χ3v) is 5.30. The number of H-pyrrole nitrogens is 1. The summed E-state index contributed by atoms with van der Waals surface area (Å²) in [7, 11) is -3.39. The van der Waals surface area contributed by atoms with Crippen LogP contribution in [0.2, 0.25) is 0 Å². The minimum absolute atomic E-state index is 0.330. The molecule has 20 heavy (non-hydrogen) atoms. The Bertz CT molecular complexity index is 516. The van der Waals surface area contributed by atoms with E-state index in [1.807, 2.05) is 0 Å². The van der Waals surface area contributed by atoms with Crippen molar-refractivity contribution in [3.05, 3.63) is 18.0 Å². The molecule has 114 valence electrons. The van der Waals surface area contributed by atoms with Gasteiger partial charge in [0.25, 0.3) is 0 Å². The van der Waals surface area contributed by atoms with Crippen molar-refractivity contribution in [2.45, 2.75) is 57.0 Å². The van der Waals surface area contributed by atoms with Gasteiger partial charge in [-0.1, -0.05) is 26.7 Å². The van der Waals surface area contributed by atoms with Gasteiger partial charge in [-0.2, -0.15) is 0 Å². The smallest absolute Gasteiger partial charge is 0.242 e. The molecule has 1 fully saturated rings. The zero-order valence-electron chi connectivity index (χ0n) is 12.3. The largest absolute Gasteiger partial charge is 0.363 e. The first kappa shape index (κ1) is 15.5. The fourth-order valence-corrected chi connectivity index (χ4v) is 3.24. The molecule has 1 aromatic heterocycles. The van der Waals surface area contributed by atoms with Crippen molar-refractivity contribution in [2.24, 2.45) is 5.92 Å². The second kappa shape index (κ2) is 6.74. The molecule has 0 amide bonds. The van der Waals surface area contributed by atoms with Crippen LogP contribution in [0.15, 0.2) is 17.2 Å². The van der Waals surface area contributed by atoms with Gasteiger partial charge in [0, 0.05) is 31.0 Å². The van der Waals surface area contributed by atoms with Crippen molar-refractivity contribution < 1.29 is 8.42 Å². The Morgan fingerprint density at radius 1 is 1.35 bits per heavy atom. The monoisotopic (exact) mass is 299 g/mol. The average Bonchev–Trinajstić information content (AvgIpc) is 3.13. The predicted molar refractivity (Wildman–Crippen MR) is 79.9 cm³/mol. The quantitative estimate of drug-likeness (QED) is 0.653. The van der Waals surface area contributed by atoms with Gasteiger partial charge in [0.05, 0.1) is 4.90 Å². The van der Waals surface area contributed by atoms with Crippen LogP contribution in [0.3, 0.4) is 0 Å². The van der Waals surface area contributed by atoms with E-state index in [9.17, 15) is 8.42 Å². The molecular formula is C14H25N3O2S. The molecule has 0 unspecified atom stereocenters. The summed E-state index contributed by atoms with van der Waals surface area (Å²) in [6.07, 6.45) is 6.00. The fraction of sp³-hybridized carbons (Fsp3) is 0.714. The summed E-state index contributed by atoms with van der Waals surface area (Å²) in [5.41, 5.74) is 0.916. The molecule has 0 atom stereocenters. The second-order valence-corrected chi connectivity index (χ2v) is 7.32. The molecule has 0 bridgehead atoms. The standard InChI is InChI=1S/C14H25N3O2S/c1-3-11(4-2)8-17-20(18,19)14-7-13(16-10-14)9-15-12-5-6-12/h7,10-12,15-17H,3-6,8-9H2,1-2H3. The van der Waals surface area contributed by atoms with Crippen molar-refractivity contribution in [1.29, 1.82) is 0 Å². The molecule has 0 aromatic carbocycles. The average molecular weight is 299 g/mol. The van der Waals surface area contributed by atoms with Crippen LogP contribution in [0.4, 0.5) is 0 Å². The Labute approximate surface area is 121 Å². The summed E-state index contributed by atoms with van der Waals surface area (Å²) < 4.78 is 27.1. The van der Waals surface area contributed by atoms with Crippen LogP contribution in [-0.2, 0) is 16.6 Å². The highest BCUT2D eigenvalue weighted by molar-refractivity contribution is 7.89. The molecule has 1 aromatic rings. The topological polar surface area (TPSA) is 74.0 Å². The van der Waals surface area contributed by atoms with Gasteiger partial charge in [-0.3, -0.25) is 0 Å². The highest BCUT2D eigenvalue weighted by Crippen LogP contribution is 2.19. The van der Waals surface area contributed by atoms with Gasteiger partial charge in [0.2, 0.25) is 10.0 Å². The number of aromatic nitrogens is 1. The zero-order chi connectivity index (χ0) is 14.6. The molecule has 0 spiro atoms. The molecule has 5 nitrogen and oxygen atoms in total. The van der Waals surface area contributed by atoms with Crippen LogP contribution in [0.1, 0.15) is 45.2 Å². The molecule has 1 aliphatic carbocycles. The first-order valence-electron chi connectivity index (χ1n) is 7.45. The van der Waals surface area contributed by atoms with Crippen molar-refractivity contribution in [3.8, 4) is 0 Å². The molecule has 1 saturated carbocycles. The lowest BCUT2D eigenvalue weighted by molar-refractivity contribution is 0.479. The Morgan fingerprint density at radius 2 is 2.05 bits per heavy atom. The van der Waals surface area contributed by atoms with E-state index in [-0.39, 0.29) is 0 Å². The van der Waals surface area contributed by atoms with Crippen LogP contribution in [0, 0.1) is 5.92 Å². The van der Waals surface area contributed by atoms with E-state index in [1.54, 1.807) is 12.3 Å². The highest BCUT2D eigenvalue weighted by atomic mass is 32.2. The van der Waals surface area contributed by atoms with Crippen molar-refractivity contribution in [3.63, 3.8) is 0 Å². The summed E-state index contributed by atoms with van der Waals surface area (Å²) in [6.45, 7) is 5.38. The van der Waals surface area contributed by atoms with Crippen molar-refractivity contribution in [2.75, 3.05) is 6.54 Å². The third kappa shape index (κ3) is 4.33. The Kier molecular flexibility index (Phi) is 5.23. The number of hydrogen-bond acceptors (Lipinski definition) is 3. The Hall–Kier alpha value is -0.850. The number of hydrogen-bond donors (Lipinski definition) is 3. The maximum Gasteiger partial charge on any atom is 0.242 e. The fourth-order valence-electron chi connectivity index (χ4n) is 2.11. The van der Waals surface area contributed by atoms with E-state index >= 15 is 0 Å². The summed E-state index contributed by atoms with van der Waals surface area (Å²) in [5, 5.41) is 3.36. The summed E-state index contributed by atoms with van der Waals surface area (Å²) >= 11 is 0. The molecule has 1 heterocycles. The molecule has 0 radical (unpaired) electrons. The van der Waals surface area contributed by atoms with E-state index in [0.717, 1.165) is 18.5 Å². The van der Waals surface area contributed by atoms with E-state index in [2.05, 4.69) is 28.9 Å². The number of nitrogens with one attached hydrogen (secondary N) is 3. The maximum atomic E-state index is 12.2. The molecule has 2 rings (SSSR count). The number of sulfonamides is 1. The summed E-state index contributed by atoms with van der Waals surface area (Å²) in [4.78, 5) is 3.36.